The highest BCUT2D eigenvalue weighted by Crippen LogP contribution is 2.36. The molecule has 0 spiro atoms. The number of sulfone groups is 1. The number of phenols is 1. The molecule has 2 atom stereocenters. The lowest BCUT2D eigenvalue weighted by Gasteiger charge is -2.20. The third-order valence-electron chi connectivity index (χ3n) is 6.26. The first-order valence-corrected chi connectivity index (χ1v) is 12.9. The summed E-state index contributed by atoms with van der Waals surface area (Å²) in [5.74, 6) is 0.124. The Balaban J connectivity index is 1.94. The van der Waals surface area contributed by atoms with Crippen LogP contribution in [0.2, 0.25) is 0 Å². The van der Waals surface area contributed by atoms with Crippen molar-refractivity contribution >= 4 is 21.5 Å². The van der Waals surface area contributed by atoms with Gasteiger partial charge in [0.05, 0.1) is 24.2 Å². The van der Waals surface area contributed by atoms with E-state index in [1.165, 1.54) is 0 Å². The first kappa shape index (κ1) is 25.1. The number of aliphatic hydroxyl groups is 2. The fourth-order valence-corrected chi connectivity index (χ4v) is 6.55. The number of pyridine rings is 1. The molecule has 0 fully saturated rings. The number of hydrogen-bond acceptors (Lipinski definition) is 6. The highest BCUT2D eigenvalue weighted by Gasteiger charge is 2.41. The lowest BCUT2D eigenvalue weighted by atomic mass is 9.90. The normalized spacial score (nSPS) is 19.4. The monoisotopic (exact) mass is 471 g/mol. The van der Waals surface area contributed by atoms with E-state index in [0.29, 0.717) is 24.0 Å². The summed E-state index contributed by atoms with van der Waals surface area (Å²) in [6.07, 6.45) is 3.48. The smallest absolute Gasteiger partial charge is 0.163 e. The Morgan fingerprint density at radius 3 is 2.42 bits per heavy atom. The van der Waals surface area contributed by atoms with Crippen LogP contribution in [0.3, 0.4) is 0 Å². The zero-order valence-electron chi connectivity index (χ0n) is 19.6. The second kappa shape index (κ2) is 10.2. The first-order valence-electron chi connectivity index (χ1n) is 11.2. The third kappa shape index (κ3) is 5.54. The number of aromatic nitrogens is 1. The van der Waals surface area contributed by atoms with Gasteiger partial charge in [0.2, 0.25) is 0 Å². The lowest BCUT2D eigenvalue weighted by molar-refractivity contribution is 0.189. The van der Waals surface area contributed by atoms with E-state index in [4.69, 9.17) is 0 Å². The fraction of sp³-hybridized carbons (Fsp3) is 0.423. The highest BCUT2D eigenvalue weighted by atomic mass is 32.2. The average Bonchev–Trinajstić information content (AvgIpc) is 3.05. The number of phenolic OH excluding ortho intramolecular Hbond substituents is 1. The molecule has 0 unspecified atom stereocenters. The fourth-order valence-electron chi connectivity index (χ4n) is 4.49. The zero-order valence-corrected chi connectivity index (χ0v) is 20.4. The van der Waals surface area contributed by atoms with Gasteiger partial charge in [0.25, 0.3) is 0 Å². The van der Waals surface area contributed by atoms with Crippen LogP contribution >= 0.6 is 0 Å². The highest BCUT2D eigenvalue weighted by molar-refractivity contribution is 7.92. The minimum absolute atomic E-state index is 0.0327. The maximum atomic E-state index is 12.6. The van der Waals surface area contributed by atoms with Gasteiger partial charge >= 0.3 is 0 Å². The van der Waals surface area contributed by atoms with Crippen molar-refractivity contribution in [3.05, 3.63) is 70.1 Å². The van der Waals surface area contributed by atoms with Crippen LogP contribution in [-0.2, 0) is 9.84 Å². The molecule has 0 saturated carbocycles. The van der Waals surface area contributed by atoms with Crippen molar-refractivity contribution in [2.24, 2.45) is 5.92 Å². The van der Waals surface area contributed by atoms with Gasteiger partial charge in [-0.2, -0.15) is 0 Å². The number of aryl methyl sites for hydroxylation is 2. The van der Waals surface area contributed by atoms with Crippen LogP contribution in [0.15, 0.2) is 47.7 Å². The molecule has 6 nitrogen and oxygen atoms in total. The summed E-state index contributed by atoms with van der Waals surface area (Å²) >= 11 is 0. The van der Waals surface area contributed by atoms with Gasteiger partial charge in [0.15, 0.2) is 9.84 Å². The summed E-state index contributed by atoms with van der Waals surface area (Å²) in [5, 5.41) is 29.9. The molecule has 1 aromatic heterocycles. The molecule has 0 aliphatic carbocycles. The van der Waals surface area contributed by atoms with Crippen LogP contribution in [0.1, 0.15) is 49.1 Å². The molecule has 1 aliphatic rings. The molecule has 3 rings (SSSR count). The van der Waals surface area contributed by atoms with Gasteiger partial charge in [0, 0.05) is 6.20 Å². The number of aromatic hydroxyl groups is 1. The van der Waals surface area contributed by atoms with Gasteiger partial charge in [0.1, 0.15) is 11.0 Å². The molecular weight excluding hydrogens is 438 g/mol. The molecule has 0 bridgehead atoms. The number of aliphatic hydroxyl groups excluding tert-OH is 2. The zero-order chi connectivity index (χ0) is 24.3. The van der Waals surface area contributed by atoms with E-state index in [2.05, 4.69) is 4.98 Å². The van der Waals surface area contributed by atoms with E-state index in [9.17, 15) is 23.7 Å². The molecule has 1 aliphatic heterocycles. The van der Waals surface area contributed by atoms with Crippen molar-refractivity contribution in [3.63, 3.8) is 0 Å². The number of allylic oxidation sites excluding steroid dienone is 1. The second-order valence-corrected chi connectivity index (χ2v) is 11.2. The van der Waals surface area contributed by atoms with Crippen LogP contribution in [0.5, 0.6) is 5.75 Å². The summed E-state index contributed by atoms with van der Waals surface area (Å²) < 4.78 is 25.1. The van der Waals surface area contributed by atoms with Crippen LogP contribution in [0.25, 0.3) is 11.6 Å². The predicted octanol–water partition coefficient (Wildman–Crippen LogP) is 3.83. The van der Waals surface area contributed by atoms with Gasteiger partial charge < -0.3 is 15.3 Å². The molecular formula is C26H33NO5S. The van der Waals surface area contributed by atoms with E-state index in [1.54, 1.807) is 6.20 Å². The molecule has 0 amide bonds. The third-order valence-corrected chi connectivity index (χ3v) is 8.25. The molecule has 7 heteroatoms. The van der Waals surface area contributed by atoms with Crippen molar-refractivity contribution in [3.8, 4) is 5.75 Å². The van der Waals surface area contributed by atoms with Crippen molar-refractivity contribution in [2.75, 3.05) is 12.4 Å². The second-order valence-electron chi connectivity index (χ2n) is 9.06. The van der Waals surface area contributed by atoms with Crippen LogP contribution in [-0.4, -0.2) is 52.4 Å². The first-order chi connectivity index (χ1) is 15.5. The van der Waals surface area contributed by atoms with Gasteiger partial charge in [-0.05, 0) is 96.4 Å². The quantitative estimate of drug-likeness (QED) is 0.505. The van der Waals surface area contributed by atoms with Gasteiger partial charge in [-0.3, -0.25) is 4.98 Å². The molecule has 2 heterocycles. The topological polar surface area (TPSA) is 108 Å². The molecule has 0 radical (unpaired) electrons. The van der Waals surface area contributed by atoms with Gasteiger partial charge in [-0.25, -0.2) is 8.42 Å². The molecule has 1 aromatic carbocycles. The Morgan fingerprint density at radius 1 is 1.21 bits per heavy atom. The largest absolute Gasteiger partial charge is 0.507 e. The Bertz CT molecular complexity index is 1140. The number of benzene rings is 1. The maximum Gasteiger partial charge on any atom is 0.163 e. The van der Waals surface area contributed by atoms with E-state index in [1.807, 2.05) is 64.1 Å². The minimum atomic E-state index is -3.51. The maximum absolute atomic E-state index is 12.6. The summed E-state index contributed by atoms with van der Waals surface area (Å²) in [6.45, 7) is 6.98. The molecule has 178 valence electrons. The molecule has 0 saturated heterocycles. The van der Waals surface area contributed by atoms with E-state index >= 15 is 0 Å². The number of rotatable bonds is 8. The van der Waals surface area contributed by atoms with Crippen LogP contribution in [0.4, 0.5) is 0 Å². The van der Waals surface area contributed by atoms with Crippen molar-refractivity contribution in [2.45, 2.75) is 51.9 Å². The van der Waals surface area contributed by atoms with Crippen LogP contribution < -0.4 is 0 Å². The average molecular weight is 472 g/mol. The molecule has 3 N–H and O–H groups in total. The molecule has 33 heavy (non-hydrogen) atoms. The van der Waals surface area contributed by atoms with E-state index < -0.39 is 27.8 Å². The number of nitrogens with zero attached hydrogens (tertiary/aromatic N) is 1. The Labute approximate surface area is 196 Å². The lowest BCUT2D eigenvalue weighted by Crippen LogP contribution is -2.29. The van der Waals surface area contributed by atoms with Gasteiger partial charge in [-0.15, -0.1) is 0 Å². The van der Waals surface area contributed by atoms with Crippen molar-refractivity contribution in [1.82, 2.24) is 4.98 Å². The van der Waals surface area contributed by atoms with Gasteiger partial charge in [-0.1, -0.05) is 19.9 Å². The van der Waals surface area contributed by atoms with E-state index in [-0.39, 0.29) is 17.4 Å². The predicted molar refractivity (Wildman–Crippen MR) is 131 cm³/mol. The Morgan fingerprint density at radius 2 is 1.88 bits per heavy atom. The summed E-state index contributed by atoms with van der Waals surface area (Å²) in [6, 6.07) is 9.41. The van der Waals surface area contributed by atoms with Crippen LogP contribution in [0, 0.1) is 19.8 Å². The summed E-state index contributed by atoms with van der Waals surface area (Å²) in [5.41, 5.74) is 5.28. The van der Waals surface area contributed by atoms with Crippen molar-refractivity contribution < 1.29 is 23.7 Å². The SMILES string of the molecule is Cc1cc(/C=C(/CC[C@@H](O)C2=C(C(C)C)CS(=O)(=O)[C@H]2CO)c2ccccn2)cc(C)c1O. The van der Waals surface area contributed by atoms with E-state index in [0.717, 1.165) is 28.0 Å². The standard InChI is InChI=1S/C26H33NO5S/c1-16(2)21-15-33(31,32)24(14-28)25(21)23(29)9-8-20(22-7-5-6-10-27-22)13-19-11-17(3)26(30)18(4)12-19/h5-7,10-13,16,23-24,28-30H,8-9,14-15H2,1-4H3/b20-13-/t23-,24+/m1/s1. The Hall–Kier alpha value is -2.48. The minimum Gasteiger partial charge on any atom is -0.507 e. The number of hydrogen-bond donors (Lipinski definition) is 3. The Kier molecular flexibility index (Phi) is 7.77. The van der Waals surface area contributed by atoms with Crippen molar-refractivity contribution in [1.29, 1.82) is 0 Å². The summed E-state index contributed by atoms with van der Waals surface area (Å²) in [4.78, 5) is 4.46. The molecule has 2 aromatic rings. The summed E-state index contributed by atoms with van der Waals surface area (Å²) in [7, 11) is -3.51.